The Morgan fingerprint density at radius 2 is 2.11 bits per heavy atom. The monoisotopic (exact) mass is 308 g/mol. The number of carboxylic acids is 1. The molecule has 0 saturated carbocycles. The minimum absolute atomic E-state index is 0.189. The minimum atomic E-state index is -0.979. The predicted octanol–water partition coefficient (Wildman–Crippen LogP) is 4.09. The molecule has 2 rings (SSSR count). The van der Waals surface area contributed by atoms with Crippen LogP contribution in [0.15, 0.2) is 34.8 Å². The van der Waals surface area contributed by atoms with Crippen molar-refractivity contribution in [1.82, 2.24) is 0 Å². The molecule has 0 aliphatic heterocycles. The van der Waals surface area contributed by atoms with Crippen LogP contribution in [-0.2, 0) is 0 Å². The molecule has 18 heavy (non-hydrogen) atoms. The first-order valence-electron chi connectivity index (χ1n) is 5.72. The average molecular weight is 309 g/mol. The van der Waals surface area contributed by atoms with Crippen LogP contribution in [0.2, 0.25) is 0 Å². The summed E-state index contributed by atoms with van der Waals surface area (Å²) in [6.45, 7) is 2.48. The summed E-state index contributed by atoms with van der Waals surface area (Å²) in [4.78, 5) is 11.3. The van der Waals surface area contributed by atoms with E-state index in [1.165, 1.54) is 0 Å². The zero-order valence-corrected chi connectivity index (χ0v) is 11.5. The molecule has 0 fully saturated rings. The number of rotatable bonds is 4. The van der Waals surface area contributed by atoms with E-state index in [1.807, 2.05) is 31.2 Å². The fourth-order valence-corrected chi connectivity index (χ4v) is 2.48. The van der Waals surface area contributed by atoms with E-state index in [9.17, 15) is 9.90 Å². The second-order valence-corrected chi connectivity index (χ2v) is 4.73. The quantitative estimate of drug-likeness (QED) is 0.925. The van der Waals surface area contributed by atoms with E-state index >= 15 is 0 Å². The van der Waals surface area contributed by atoms with Gasteiger partial charge in [0.2, 0.25) is 0 Å². The van der Waals surface area contributed by atoms with Crippen LogP contribution >= 0.6 is 15.9 Å². The van der Waals surface area contributed by atoms with Gasteiger partial charge in [-0.15, -0.1) is 0 Å². The number of fused-ring (bicyclic) bond motifs is 1. The van der Waals surface area contributed by atoms with E-state index in [-0.39, 0.29) is 5.56 Å². The van der Waals surface area contributed by atoms with Gasteiger partial charge in [0, 0.05) is 0 Å². The predicted molar refractivity (Wildman–Crippen MR) is 74.4 cm³/mol. The lowest BCUT2D eigenvalue weighted by Crippen LogP contribution is -2.05. The third-order valence-electron chi connectivity index (χ3n) is 2.62. The third-order valence-corrected chi connectivity index (χ3v) is 3.41. The van der Waals surface area contributed by atoms with Crippen LogP contribution in [0.1, 0.15) is 23.7 Å². The van der Waals surface area contributed by atoms with Gasteiger partial charge >= 0.3 is 5.97 Å². The maximum absolute atomic E-state index is 11.3. The fourth-order valence-electron chi connectivity index (χ4n) is 1.79. The summed E-state index contributed by atoms with van der Waals surface area (Å²) in [7, 11) is 0. The summed E-state index contributed by atoms with van der Waals surface area (Å²) < 4.78 is 6.26. The molecule has 94 valence electrons. The van der Waals surface area contributed by atoms with Crippen LogP contribution < -0.4 is 4.74 Å². The molecule has 0 aliphatic rings. The summed E-state index contributed by atoms with van der Waals surface area (Å²) in [5, 5.41) is 11.1. The first-order valence-corrected chi connectivity index (χ1v) is 6.51. The molecule has 0 aliphatic carbocycles. The molecule has 0 amide bonds. The zero-order chi connectivity index (χ0) is 13.1. The van der Waals surface area contributed by atoms with Crippen LogP contribution in [0.5, 0.6) is 5.75 Å². The highest BCUT2D eigenvalue weighted by atomic mass is 79.9. The van der Waals surface area contributed by atoms with E-state index < -0.39 is 5.97 Å². The summed E-state index contributed by atoms with van der Waals surface area (Å²) in [6.07, 6.45) is 0.832. The van der Waals surface area contributed by atoms with Crippen molar-refractivity contribution >= 4 is 32.7 Å². The SMILES string of the molecule is CCCOc1c(C(=O)O)cc2ccccc2c1Br. The smallest absolute Gasteiger partial charge is 0.339 e. The second kappa shape index (κ2) is 5.40. The van der Waals surface area contributed by atoms with Crippen molar-refractivity contribution in [3.05, 3.63) is 40.4 Å². The van der Waals surface area contributed by atoms with Gasteiger partial charge in [-0.1, -0.05) is 31.2 Å². The van der Waals surface area contributed by atoms with Crippen LogP contribution in [-0.4, -0.2) is 17.7 Å². The minimum Gasteiger partial charge on any atom is -0.491 e. The molecule has 2 aromatic carbocycles. The number of ether oxygens (including phenoxy) is 1. The molecule has 0 bridgehead atoms. The first-order chi connectivity index (χ1) is 8.65. The molecule has 1 N–H and O–H groups in total. The topological polar surface area (TPSA) is 46.5 Å². The number of hydrogen-bond donors (Lipinski definition) is 1. The molecule has 0 spiro atoms. The molecule has 4 heteroatoms. The molecular formula is C14H13BrO3. The van der Waals surface area contributed by atoms with Crippen LogP contribution in [0.4, 0.5) is 0 Å². The van der Waals surface area contributed by atoms with Gasteiger partial charge < -0.3 is 9.84 Å². The summed E-state index contributed by atoms with van der Waals surface area (Å²) in [5.41, 5.74) is 0.189. The Bertz CT molecular complexity index is 593. The van der Waals surface area contributed by atoms with Gasteiger partial charge in [0.1, 0.15) is 11.3 Å². The van der Waals surface area contributed by atoms with Gasteiger partial charge in [-0.3, -0.25) is 0 Å². The normalized spacial score (nSPS) is 10.6. The number of benzene rings is 2. The van der Waals surface area contributed by atoms with Crippen molar-refractivity contribution in [3.63, 3.8) is 0 Å². The van der Waals surface area contributed by atoms with Crippen molar-refractivity contribution in [2.24, 2.45) is 0 Å². The van der Waals surface area contributed by atoms with Crippen LogP contribution in [0, 0.1) is 0 Å². The summed E-state index contributed by atoms with van der Waals surface area (Å²) in [5.74, 6) is -0.574. The molecular weight excluding hydrogens is 296 g/mol. The molecule has 2 aromatic rings. The molecule has 0 atom stereocenters. The van der Waals surface area contributed by atoms with E-state index in [1.54, 1.807) is 6.07 Å². The Labute approximate surface area is 114 Å². The first kappa shape index (κ1) is 12.9. The number of halogens is 1. The molecule has 0 radical (unpaired) electrons. The van der Waals surface area contributed by atoms with E-state index in [0.717, 1.165) is 17.2 Å². The summed E-state index contributed by atoms with van der Waals surface area (Å²) in [6, 6.07) is 9.26. The van der Waals surface area contributed by atoms with E-state index in [2.05, 4.69) is 15.9 Å². The molecule has 3 nitrogen and oxygen atoms in total. The third kappa shape index (κ3) is 2.34. The average Bonchev–Trinajstić information content (AvgIpc) is 2.37. The Morgan fingerprint density at radius 3 is 2.78 bits per heavy atom. The molecule has 0 unspecified atom stereocenters. The Balaban J connectivity index is 2.67. The van der Waals surface area contributed by atoms with Crippen molar-refractivity contribution in [3.8, 4) is 5.75 Å². The Kier molecular flexibility index (Phi) is 3.87. The molecule has 0 aromatic heterocycles. The van der Waals surface area contributed by atoms with Gasteiger partial charge in [-0.25, -0.2) is 4.79 Å². The second-order valence-electron chi connectivity index (χ2n) is 3.94. The van der Waals surface area contributed by atoms with Gasteiger partial charge in [-0.2, -0.15) is 0 Å². The largest absolute Gasteiger partial charge is 0.491 e. The van der Waals surface area contributed by atoms with Gasteiger partial charge in [0.25, 0.3) is 0 Å². The van der Waals surface area contributed by atoms with E-state index in [0.29, 0.717) is 16.8 Å². The lowest BCUT2D eigenvalue weighted by atomic mass is 10.1. The Morgan fingerprint density at radius 1 is 1.39 bits per heavy atom. The van der Waals surface area contributed by atoms with Gasteiger partial charge in [-0.05, 0) is 39.2 Å². The Hall–Kier alpha value is -1.55. The number of aromatic carboxylic acids is 1. The van der Waals surface area contributed by atoms with E-state index in [4.69, 9.17) is 4.74 Å². The van der Waals surface area contributed by atoms with Gasteiger partial charge in [0.15, 0.2) is 0 Å². The highest BCUT2D eigenvalue weighted by molar-refractivity contribution is 9.10. The number of carbonyl (C=O) groups is 1. The lowest BCUT2D eigenvalue weighted by molar-refractivity contribution is 0.0692. The van der Waals surface area contributed by atoms with Gasteiger partial charge in [0.05, 0.1) is 11.1 Å². The maximum atomic E-state index is 11.3. The molecule has 0 heterocycles. The van der Waals surface area contributed by atoms with Crippen molar-refractivity contribution in [2.75, 3.05) is 6.61 Å². The zero-order valence-electron chi connectivity index (χ0n) is 9.94. The number of hydrogen-bond acceptors (Lipinski definition) is 2. The van der Waals surface area contributed by atoms with Crippen LogP contribution in [0.25, 0.3) is 10.8 Å². The maximum Gasteiger partial charge on any atom is 0.339 e. The summed E-state index contributed by atoms with van der Waals surface area (Å²) >= 11 is 3.44. The standard InChI is InChI=1S/C14H13BrO3/c1-2-7-18-13-11(14(16)17)8-9-5-3-4-6-10(9)12(13)15/h3-6,8H,2,7H2,1H3,(H,16,17). The van der Waals surface area contributed by atoms with Crippen LogP contribution in [0.3, 0.4) is 0 Å². The highest BCUT2D eigenvalue weighted by Crippen LogP contribution is 2.36. The van der Waals surface area contributed by atoms with Crippen molar-refractivity contribution < 1.29 is 14.6 Å². The highest BCUT2D eigenvalue weighted by Gasteiger charge is 2.17. The van der Waals surface area contributed by atoms with Crippen molar-refractivity contribution in [1.29, 1.82) is 0 Å². The van der Waals surface area contributed by atoms with Crippen molar-refractivity contribution in [2.45, 2.75) is 13.3 Å². The number of carboxylic acid groups (broad SMARTS) is 1. The lowest BCUT2D eigenvalue weighted by Gasteiger charge is -2.13. The fraction of sp³-hybridized carbons (Fsp3) is 0.214. The molecule has 0 saturated heterocycles.